The summed E-state index contributed by atoms with van der Waals surface area (Å²) < 4.78 is 14.6. The number of hydrogen-bond donors (Lipinski definition) is 2. The van der Waals surface area contributed by atoms with Crippen molar-refractivity contribution < 1.29 is 9.18 Å². The van der Waals surface area contributed by atoms with Gasteiger partial charge in [0.15, 0.2) is 5.69 Å². The zero-order chi connectivity index (χ0) is 23.1. The molecule has 170 valence electrons. The first kappa shape index (κ1) is 24.2. The van der Waals surface area contributed by atoms with E-state index in [4.69, 9.17) is 5.73 Å². The van der Waals surface area contributed by atoms with Crippen LogP contribution in [0.4, 0.5) is 21.6 Å². The average Bonchev–Trinajstić information content (AvgIpc) is 2.72. The summed E-state index contributed by atoms with van der Waals surface area (Å²) in [5.41, 5.74) is 5.64. The largest absolute Gasteiger partial charge is 0.383 e. The van der Waals surface area contributed by atoms with Gasteiger partial charge in [-0.2, -0.15) is 0 Å². The normalized spacial score (nSPS) is 11.0. The molecule has 0 spiro atoms. The fourth-order valence-electron chi connectivity index (χ4n) is 3.35. The van der Waals surface area contributed by atoms with E-state index in [-0.39, 0.29) is 35.7 Å². The highest BCUT2D eigenvalue weighted by Gasteiger charge is 2.25. The number of carbonyl (C=O) groups is 1. The van der Waals surface area contributed by atoms with Gasteiger partial charge in [-0.15, -0.1) is 0 Å². The van der Waals surface area contributed by atoms with E-state index in [0.717, 1.165) is 6.42 Å². The third-order valence-electron chi connectivity index (χ3n) is 4.97. The zero-order valence-corrected chi connectivity index (χ0v) is 18.7. The topological polar surface area (TPSA) is 104 Å². The lowest BCUT2D eigenvalue weighted by Gasteiger charge is -2.29. The Kier molecular flexibility index (Phi) is 8.41. The molecule has 2 rings (SSSR count). The van der Waals surface area contributed by atoms with Crippen molar-refractivity contribution in [2.24, 2.45) is 5.92 Å². The number of benzene rings is 1. The number of unbranched alkanes of at least 4 members (excludes halogenated alkanes) is 1. The van der Waals surface area contributed by atoms with Crippen molar-refractivity contribution >= 4 is 23.1 Å². The molecule has 0 bridgehead atoms. The molecule has 2 aromatic rings. The summed E-state index contributed by atoms with van der Waals surface area (Å²) in [6, 6.07) is 5.88. The van der Waals surface area contributed by atoms with Crippen LogP contribution in [0.1, 0.15) is 40.5 Å². The number of nitrogens with one attached hydrogen (secondary N) is 1. The highest BCUT2D eigenvalue weighted by Crippen LogP contribution is 2.20. The van der Waals surface area contributed by atoms with Crippen LogP contribution in [-0.2, 0) is 11.3 Å². The van der Waals surface area contributed by atoms with Gasteiger partial charge in [0.1, 0.15) is 11.6 Å². The molecule has 0 unspecified atom stereocenters. The van der Waals surface area contributed by atoms with Crippen molar-refractivity contribution in [1.29, 1.82) is 0 Å². The lowest BCUT2D eigenvalue weighted by atomic mass is 10.2. The van der Waals surface area contributed by atoms with Gasteiger partial charge >= 0.3 is 5.69 Å². The van der Waals surface area contributed by atoms with E-state index in [1.807, 2.05) is 27.7 Å². The van der Waals surface area contributed by atoms with Gasteiger partial charge in [-0.3, -0.25) is 19.1 Å². The number of nitrogen functional groups attached to an aromatic ring is 1. The second-order valence-corrected chi connectivity index (χ2v) is 7.89. The van der Waals surface area contributed by atoms with Crippen molar-refractivity contribution in [3.05, 3.63) is 50.9 Å². The third kappa shape index (κ3) is 5.96. The summed E-state index contributed by atoms with van der Waals surface area (Å²) in [6.45, 7) is 8.83. The number of rotatable bonds is 10. The number of halogens is 1. The monoisotopic (exact) mass is 433 g/mol. The summed E-state index contributed by atoms with van der Waals surface area (Å²) >= 11 is 0. The fraction of sp³-hybridized carbons (Fsp3) is 0.500. The highest BCUT2D eigenvalue weighted by molar-refractivity contribution is 5.98. The molecule has 1 aromatic carbocycles. The quantitative estimate of drug-likeness (QED) is 0.599. The van der Waals surface area contributed by atoms with Crippen LogP contribution in [0.2, 0.25) is 0 Å². The van der Waals surface area contributed by atoms with Gasteiger partial charge in [0, 0.05) is 25.3 Å². The van der Waals surface area contributed by atoms with Crippen molar-refractivity contribution in [2.75, 3.05) is 35.2 Å². The molecule has 0 aliphatic carbocycles. The second-order valence-electron chi connectivity index (χ2n) is 7.89. The van der Waals surface area contributed by atoms with Crippen LogP contribution in [0.25, 0.3) is 0 Å². The minimum Gasteiger partial charge on any atom is -0.383 e. The third-order valence-corrected chi connectivity index (χ3v) is 4.97. The first-order chi connectivity index (χ1) is 14.7. The van der Waals surface area contributed by atoms with Crippen molar-refractivity contribution in [3.8, 4) is 0 Å². The first-order valence-corrected chi connectivity index (χ1v) is 10.6. The molecule has 0 fully saturated rings. The maximum atomic E-state index is 13.3. The first-order valence-electron chi connectivity index (χ1n) is 10.6. The Labute approximate surface area is 181 Å². The number of anilines is 3. The van der Waals surface area contributed by atoms with Gasteiger partial charge in [-0.25, -0.2) is 9.18 Å². The van der Waals surface area contributed by atoms with Crippen molar-refractivity contribution in [2.45, 2.75) is 47.1 Å². The summed E-state index contributed by atoms with van der Waals surface area (Å²) in [7, 11) is 0. The van der Waals surface area contributed by atoms with Gasteiger partial charge in [-0.05, 0) is 43.5 Å². The Bertz CT molecular complexity index is 998. The van der Waals surface area contributed by atoms with Crippen LogP contribution in [0.3, 0.4) is 0 Å². The van der Waals surface area contributed by atoms with E-state index >= 15 is 0 Å². The Morgan fingerprint density at radius 1 is 1.19 bits per heavy atom. The van der Waals surface area contributed by atoms with Crippen LogP contribution < -0.4 is 26.8 Å². The van der Waals surface area contributed by atoms with Gasteiger partial charge in [-0.1, -0.05) is 27.2 Å². The summed E-state index contributed by atoms with van der Waals surface area (Å²) in [6.07, 6.45) is 1.47. The second kappa shape index (κ2) is 10.8. The van der Waals surface area contributed by atoms with E-state index in [0.29, 0.717) is 31.7 Å². The molecule has 31 heavy (non-hydrogen) atoms. The van der Waals surface area contributed by atoms with E-state index < -0.39 is 11.2 Å². The van der Waals surface area contributed by atoms with Crippen molar-refractivity contribution in [3.63, 3.8) is 0 Å². The Morgan fingerprint density at radius 3 is 2.39 bits per heavy atom. The molecule has 9 heteroatoms. The van der Waals surface area contributed by atoms with Crippen LogP contribution in [0.5, 0.6) is 0 Å². The van der Waals surface area contributed by atoms with E-state index in [1.165, 1.54) is 21.6 Å². The summed E-state index contributed by atoms with van der Waals surface area (Å²) in [5, 5.41) is 0. The predicted octanol–water partition coefficient (Wildman–Crippen LogP) is 2.57. The van der Waals surface area contributed by atoms with Crippen LogP contribution in [0.15, 0.2) is 33.9 Å². The number of aromatic amines is 1. The number of nitrogens with two attached hydrogens (primary N) is 1. The minimum atomic E-state index is -0.684. The van der Waals surface area contributed by atoms with Crippen LogP contribution in [-0.4, -0.2) is 35.1 Å². The number of likely N-dealkylation sites (N-methyl/N-ethyl adjacent to an activating group) is 1. The molecule has 1 aromatic heterocycles. The molecule has 3 N–H and O–H groups in total. The Hall–Kier alpha value is -3.10. The molecule has 0 saturated heterocycles. The molecule has 0 aliphatic rings. The lowest BCUT2D eigenvalue weighted by molar-refractivity contribution is -0.117. The summed E-state index contributed by atoms with van der Waals surface area (Å²) in [5.74, 6) is -0.585. The molecular formula is C22H32FN5O3. The smallest absolute Gasteiger partial charge is 0.330 e. The number of nitrogens with zero attached hydrogens (tertiary/aromatic N) is 3. The number of carbonyl (C=O) groups excluding carboxylic acids is 1. The lowest BCUT2D eigenvalue weighted by Crippen LogP contribution is -2.46. The maximum absolute atomic E-state index is 13.3. The number of aromatic nitrogens is 2. The number of H-pyrrole nitrogens is 1. The minimum absolute atomic E-state index is 0.00569. The molecule has 0 atom stereocenters. The highest BCUT2D eigenvalue weighted by atomic mass is 19.1. The molecule has 0 radical (unpaired) electrons. The maximum Gasteiger partial charge on any atom is 0.330 e. The Balaban J connectivity index is 2.45. The summed E-state index contributed by atoms with van der Waals surface area (Å²) in [4.78, 5) is 43.7. The van der Waals surface area contributed by atoms with Gasteiger partial charge in [0.05, 0.1) is 6.54 Å². The number of amides is 1. The van der Waals surface area contributed by atoms with Gasteiger partial charge in [0.2, 0.25) is 5.91 Å². The average molecular weight is 434 g/mol. The molecule has 1 heterocycles. The molecule has 1 amide bonds. The van der Waals surface area contributed by atoms with E-state index in [9.17, 15) is 18.8 Å². The fourth-order valence-corrected chi connectivity index (χ4v) is 3.35. The molecule has 8 nitrogen and oxygen atoms in total. The van der Waals surface area contributed by atoms with Gasteiger partial charge in [0.25, 0.3) is 5.56 Å². The van der Waals surface area contributed by atoms with Gasteiger partial charge < -0.3 is 15.5 Å². The van der Waals surface area contributed by atoms with E-state index in [1.54, 1.807) is 17.0 Å². The van der Waals surface area contributed by atoms with Crippen molar-refractivity contribution in [1.82, 2.24) is 9.55 Å². The molecule has 0 saturated carbocycles. The Morgan fingerprint density at radius 2 is 1.84 bits per heavy atom. The number of hydrogen-bond acceptors (Lipinski definition) is 5. The van der Waals surface area contributed by atoms with E-state index in [2.05, 4.69) is 4.98 Å². The van der Waals surface area contributed by atoms with Crippen LogP contribution >= 0.6 is 0 Å². The standard InChI is InChI=1S/C22H32FN5O3/c1-5-7-12-27(18(29)14-26(6-2)17-10-8-16(23)9-11-17)19-20(24)28(13-15(3)4)22(31)25-21(19)30/h8-11,15H,5-7,12-14,24H2,1-4H3,(H,25,30,31). The molecule has 0 aliphatic heterocycles. The predicted molar refractivity (Wildman–Crippen MR) is 122 cm³/mol. The SMILES string of the molecule is CCCCN(C(=O)CN(CC)c1ccc(F)cc1)c1c(N)n(CC(C)C)c(=O)[nH]c1=O. The zero-order valence-electron chi connectivity index (χ0n) is 18.7. The molecular weight excluding hydrogens is 401 g/mol. The van der Waals surface area contributed by atoms with Crippen LogP contribution in [0, 0.1) is 11.7 Å².